The van der Waals surface area contributed by atoms with Crippen LogP contribution in [0.2, 0.25) is 0 Å². The molecule has 0 atom stereocenters. The molecular formula is C18H20BrN3O2S. The van der Waals surface area contributed by atoms with Crippen LogP contribution in [0.5, 0.6) is 0 Å². The van der Waals surface area contributed by atoms with Gasteiger partial charge in [0.25, 0.3) is 0 Å². The average molecular weight is 422 g/mol. The number of thioether (sulfide) groups is 1. The molecule has 0 aliphatic heterocycles. The Morgan fingerprint density at radius 1 is 1.20 bits per heavy atom. The maximum atomic E-state index is 10.7. The smallest absolute Gasteiger partial charge is 0.313 e. The van der Waals surface area contributed by atoms with Crippen LogP contribution in [-0.4, -0.2) is 31.6 Å². The quantitative estimate of drug-likeness (QED) is 0.365. The van der Waals surface area contributed by atoms with Crippen LogP contribution >= 0.6 is 27.7 Å². The van der Waals surface area contributed by atoms with E-state index in [9.17, 15) is 4.79 Å². The average Bonchev–Trinajstić information content (AvgIpc) is 2.56. The number of hydrogen-bond acceptors (Lipinski definition) is 4. The van der Waals surface area contributed by atoms with Crippen molar-refractivity contribution in [2.45, 2.75) is 26.3 Å². The first-order valence-corrected chi connectivity index (χ1v) is 9.54. The van der Waals surface area contributed by atoms with Crippen molar-refractivity contribution in [2.24, 2.45) is 0 Å². The van der Waals surface area contributed by atoms with Gasteiger partial charge >= 0.3 is 5.97 Å². The third-order valence-corrected chi connectivity index (χ3v) is 5.13. The molecule has 2 aromatic carbocycles. The largest absolute Gasteiger partial charge is 0.481 e. The van der Waals surface area contributed by atoms with Crippen LogP contribution < -0.4 is 0 Å². The molecule has 0 radical (unpaired) electrons. The molecule has 7 heteroatoms. The summed E-state index contributed by atoms with van der Waals surface area (Å²) in [7, 11) is 0. The molecule has 0 aromatic heterocycles. The number of halogens is 1. The standard InChI is InChI=1S/C18H20BrN3O2S/c1-11(2)13-8-7-12(14-5-3-4-6-15(13)14)9-22(17(19)20)18(21)25-10-16(23)24/h3-8,11,20-21H,9-10H2,1-2H3,(H,23,24). The molecular weight excluding hydrogens is 402 g/mol. The molecule has 0 heterocycles. The van der Waals surface area contributed by atoms with Crippen LogP contribution in [0.25, 0.3) is 10.8 Å². The van der Waals surface area contributed by atoms with E-state index >= 15 is 0 Å². The van der Waals surface area contributed by atoms with E-state index in [1.165, 1.54) is 15.8 Å². The SMILES string of the molecule is CC(C)c1ccc(CN(C(=N)Br)C(=N)SCC(=O)O)c2ccccc12. The number of nitrogens with one attached hydrogen (secondary N) is 2. The predicted molar refractivity (Wildman–Crippen MR) is 108 cm³/mol. The van der Waals surface area contributed by atoms with Crippen LogP contribution in [0.1, 0.15) is 30.9 Å². The van der Waals surface area contributed by atoms with E-state index in [4.69, 9.17) is 15.9 Å². The maximum Gasteiger partial charge on any atom is 0.313 e. The van der Waals surface area contributed by atoms with Crippen molar-refractivity contribution in [1.29, 1.82) is 10.8 Å². The van der Waals surface area contributed by atoms with Crippen molar-refractivity contribution < 1.29 is 9.90 Å². The molecule has 132 valence electrons. The molecule has 2 aromatic rings. The molecule has 0 aliphatic rings. The van der Waals surface area contributed by atoms with Gasteiger partial charge in [0.15, 0.2) is 9.91 Å². The van der Waals surface area contributed by atoms with E-state index in [-0.39, 0.29) is 15.7 Å². The van der Waals surface area contributed by atoms with Gasteiger partial charge < -0.3 is 5.11 Å². The first kappa shape index (κ1) is 19.5. The Morgan fingerprint density at radius 2 is 1.84 bits per heavy atom. The molecule has 3 N–H and O–H groups in total. The summed E-state index contributed by atoms with van der Waals surface area (Å²) >= 11 is 4.01. The van der Waals surface area contributed by atoms with Gasteiger partial charge in [-0.25, -0.2) is 0 Å². The number of carboxylic acids is 1. The van der Waals surface area contributed by atoms with Gasteiger partial charge in [-0.2, -0.15) is 0 Å². The van der Waals surface area contributed by atoms with Gasteiger partial charge in [-0.3, -0.25) is 20.5 Å². The molecule has 0 unspecified atom stereocenters. The van der Waals surface area contributed by atoms with E-state index < -0.39 is 5.97 Å². The molecule has 5 nitrogen and oxygen atoms in total. The normalized spacial score (nSPS) is 10.9. The summed E-state index contributed by atoms with van der Waals surface area (Å²) in [6, 6.07) is 12.2. The van der Waals surface area contributed by atoms with Crippen LogP contribution in [-0.2, 0) is 11.3 Å². The number of carbonyl (C=O) groups is 1. The second kappa shape index (κ2) is 8.49. The Bertz CT molecular complexity index is 823. The van der Waals surface area contributed by atoms with Crippen LogP contribution in [0.15, 0.2) is 36.4 Å². The minimum Gasteiger partial charge on any atom is -0.481 e. The van der Waals surface area contributed by atoms with Crippen molar-refractivity contribution in [3.05, 3.63) is 47.5 Å². The molecule has 2 rings (SSSR count). The molecule has 0 aliphatic carbocycles. The van der Waals surface area contributed by atoms with Crippen LogP contribution in [0.4, 0.5) is 0 Å². The van der Waals surface area contributed by atoms with Gasteiger partial charge in [-0.15, -0.1) is 0 Å². The minimum absolute atomic E-state index is 0.0290. The molecule has 25 heavy (non-hydrogen) atoms. The Labute approximate surface area is 159 Å². The summed E-state index contributed by atoms with van der Waals surface area (Å²) in [5.41, 5.74) is 2.25. The summed E-state index contributed by atoms with van der Waals surface area (Å²) in [6.45, 7) is 4.63. The molecule has 0 bridgehead atoms. The summed E-state index contributed by atoms with van der Waals surface area (Å²) in [6.07, 6.45) is 0. The fraction of sp³-hybridized carbons (Fsp3) is 0.278. The highest BCUT2D eigenvalue weighted by Crippen LogP contribution is 2.29. The molecule has 0 saturated heterocycles. The molecule has 0 spiro atoms. The lowest BCUT2D eigenvalue weighted by molar-refractivity contribution is -0.133. The molecule has 0 fully saturated rings. The molecule has 0 saturated carbocycles. The summed E-state index contributed by atoms with van der Waals surface area (Å²) in [5, 5.41) is 27.0. The summed E-state index contributed by atoms with van der Waals surface area (Å²) < 4.78 is 0.0346. The summed E-state index contributed by atoms with van der Waals surface area (Å²) in [4.78, 5) is 12.2. The fourth-order valence-corrected chi connectivity index (χ4v) is 3.63. The highest BCUT2D eigenvalue weighted by molar-refractivity contribution is 9.18. The number of rotatable bonds is 5. The van der Waals surface area contributed by atoms with Crippen molar-refractivity contribution in [1.82, 2.24) is 4.90 Å². The fourth-order valence-electron chi connectivity index (χ4n) is 2.63. The first-order valence-electron chi connectivity index (χ1n) is 7.76. The number of aliphatic carboxylic acids is 1. The predicted octanol–water partition coefficient (Wildman–Crippen LogP) is 4.85. The van der Waals surface area contributed by atoms with Gasteiger partial charge in [0.05, 0.1) is 12.3 Å². The van der Waals surface area contributed by atoms with Crippen molar-refractivity contribution >= 4 is 54.3 Å². The van der Waals surface area contributed by atoms with Crippen molar-refractivity contribution in [2.75, 3.05) is 5.75 Å². The lowest BCUT2D eigenvalue weighted by Gasteiger charge is -2.23. The van der Waals surface area contributed by atoms with E-state index in [1.54, 1.807) is 0 Å². The Kier molecular flexibility index (Phi) is 6.61. The number of hydrogen-bond donors (Lipinski definition) is 3. The monoisotopic (exact) mass is 421 g/mol. The van der Waals surface area contributed by atoms with Crippen LogP contribution in [0.3, 0.4) is 0 Å². The van der Waals surface area contributed by atoms with E-state index in [1.807, 2.05) is 24.3 Å². The van der Waals surface area contributed by atoms with Gasteiger partial charge in [-0.1, -0.05) is 62.0 Å². The Balaban J connectivity index is 2.37. The Morgan fingerprint density at radius 3 is 2.40 bits per heavy atom. The van der Waals surface area contributed by atoms with Gasteiger partial charge in [0, 0.05) is 0 Å². The van der Waals surface area contributed by atoms with Crippen molar-refractivity contribution in [3.8, 4) is 0 Å². The third-order valence-electron chi connectivity index (χ3n) is 3.81. The lowest BCUT2D eigenvalue weighted by atomic mass is 9.93. The zero-order valence-electron chi connectivity index (χ0n) is 14.0. The number of amidine groups is 2. The second-order valence-electron chi connectivity index (χ2n) is 5.88. The van der Waals surface area contributed by atoms with Crippen LogP contribution in [0, 0.1) is 10.8 Å². The van der Waals surface area contributed by atoms with E-state index in [0.29, 0.717) is 12.5 Å². The number of fused-ring (bicyclic) bond motifs is 1. The number of benzene rings is 2. The van der Waals surface area contributed by atoms with Gasteiger partial charge in [0.1, 0.15) is 0 Å². The number of nitrogens with zero attached hydrogens (tertiary/aromatic N) is 1. The maximum absolute atomic E-state index is 10.7. The zero-order chi connectivity index (χ0) is 18.6. The van der Waals surface area contributed by atoms with Gasteiger partial charge in [-0.05, 0) is 43.7 Å². The highest BCUT2D eigenvalue weighted by Gasteiger charge is 2.18. The first-order chi connectivity index (χ1) is 11.8. The second-order valence-corrected chi connectivity index (χ2v) is 7.59. The summed E-state index contributed by atoms with van der Waals surface area (Å²) in [5.74, 6) is -0.792. The van der Waals surface area contributed by atoms with Crippen molar-refractivity contribution in [3.63, 3.8) is 0 Å². The lowest BCUT2D eigenvalue weighted by Crippen LogP contribution is -2.31. The van der Waals surface area contributed by atoms with Gasteiger partial charge in [0.2, 0.25) is 0 Å². The topological polar surface area (TPSA) is 88.2 Å². The van der Waals surface area contributed by atoms with E-state index in [2.05, 4.69) is 41.9 Å². The zero-order valence-corrected chi connectivity index (χ0v) is 16.4. The number of carboxylic acid groups (broad SMARTS) is 1. The molecule has 0 amide bonds. The Hall–Kier alpha value is -1.86. The van der Waals surface area contributed by atoms with E-state index in [0.717, 1.165) is 22.7 Å². The minimum atomic E-state index is -0.984. The highest BCUT2D eigenvalue weighted by atomic mass is 79.9. The third kappa shape index (κ3) is 4.83.